The van der Waals surface area contributed by atoms with Crippen LogP contribution in [0.25, 0.3) is 0 Å². The van der Waals surface area contributed by atoms with Crippen molar-refractivity contribution in [3.63, 3.8) is 0 Å². The molecule has 10 heavy (non-hydrogen) atoms. The van der Waals surface area contributed by atoms with Gasteiger partial charge < -0.3 is 0 Å². The number of hydrogen-bond donors (Lipinski definition) is 0. The second kappa shape index (κ2) is 11.3. The number of carbonyl (C=O) groups is 1. The van der Waals surface area contributed by atoms with Gasteiger partial charge in [0, 0.05) is 0 Å². The van der Waals surface area contributed by atoms with Crippen molar-refractivity contribution in [1.82, 2.24) is 0 Å². The molecule has 0 bridgehead atoms. The average Bonchev–Trinajstić information content (AvgIpc) is 1.92. The summed E-state index contributed by atoms with van der Waals surface area (Å²) in [6.45, 7) is 6.04. The molecular weight excluding hydrogens is 128 g/mol. The predicted molar refractivity (Wildman–Crippen MR) is 41.2 cm³/mol. The molecule has 0 rings (SSSR count). The highest BCUT2D eigenvalue weighted by atomic mass is 16.4. The minimum atomic E-state index is -0.932. The van der Waals surface area contributed by atoms with E-state index in [1.165, 1.54) is 0 Å². The maximum Gasteiger partial charge on any atom is 0.355 e. The van der Waals surface area contributed by atoms with E-state index in [-0.39, 0.29) is 6.42 Å². The van der Waals surface area contributed by atoms with Crippen LogP contribution in [-0.4, -0.2) is 5.97 Å². The summed E-state index contributed by atoms with van der Waals surface area (Å²) in [5.74, 6) is -0.932. The largest absolute Gasteiger partial charge is 0.355 e. The molecule has 2 nitrogen and oxygen atoms in total. The molecule has 0 amide bonds. The number of rotatable bonds is 4. The fourth-order valence-corrected chi connectivity index (χ4v) is 0.519. The Morgan fingerprint density at radius 1 is 1.20 bits per heavy atom. The van der Waals surface area contributed by atoms with Gasteiger partial charge in [0.25, 0.3) is 0 Å². The molecular formula is C8H17O2. The molecule has 0 N–H and O–H groups in total. The summed E-state index contributed by atoms with van der Waals surface area (Å²) in [5.41, 5.74) is 0. The standard InChI is InChI=1S/C6H11O2.C2H6/c1-2-3-4-5-6(7)8;1-2/h2-5H2,1H3;1-2H3. The van der Waals surface area contributed by atoms with E-state index in [1.807, 2.05) is 20.8 Å². The van der Waals surface area contributed by atoms with Crippen molar-refractivity contribution in [3.05, 3.63) is 0 Å². The SMILES string of the molecule is CC.CCCCCC([O])=O. The van der Waals surface area contributed by atoms with Crippen LogP contribution in [0.2, 0.25) is 0 Å². The van der Waals surface area contributed by atoms with Crippen molar-refractivity contribution in [1.29, 1.82) is 0 Å². The molecule has 0 heterocycles. The van der Waals surface area contributed by atoms with E-state index in [2.05, 4.69) is 0 Å². The van der Waals surface area contributed by atoms with Crippen LogP contribution in [0.4, 0.5) is 0 Å². The zero-order valence-electron chi connectivity index (χ0n) is 7.14. The summed E-state index contributed by atoms with van der Waals surface area (Å²) < 4.78 is 0. The number of carbonyl (C=O) groups excluding carboxylic acids is 1. The Hall–Kier alpha value is -0.530. The normalized spacial score (nSPS) is 7.90. The van der Waals surface area contributed by atoms with Crippen molar-refractivity contribution in [2.24, 2.45) is 0 Å². The number of unbranched alkanes of at least 4 members (excludes halogenated alkanes) is 2. The van der Waals surface area contributed by atoms with E-state index in [0.717, 1.165) is 19.3 Å². The second-order valence-electron chi connectivity index (χ2n) is 1.83. The first kappa shape index (κ1) is 12.2. The highest BCUT2D eigenvalue weighted by molar-refractivity contribution is 5.66. The van der Waals surface area contributed by atoms with Crippen LogP contribution in [-0.2, 0) is 9.90 Å². The molecule has 1 radical (unpaired) electrons. The fraction of sp³-hybridized carbons (Fsp3) is 0.875. The maximum absolute atomic E-state index is 9.76. The summed E-state index contributed by atoms with van der Waals surface area (Å²) in [6.07, 6.45) is 3.04. The first-order chi connectivity index (χ1) is 4.77. The van der Waals surface area contributed by atoms with Crippen LogP contribution >= 0.6 is 0 Å². The first-order valence-electron chi connectivity index (χ1n) is 3.97. The molecule has 0 saturated carbocycles. The first-order valence-corrected chi connectivity index (χ1v) is 3.97. The van der Waals surface area contributed by atoms with Gasteiger partial charge in [0.15, 0.2) is 0 Å². The molecule has 0 saturated heterocycles. The lowest BCUT2D eigenvalue weighted by atomic mass is 10.2. The Morgan fingerprint density at radius 3 is 2.00 bits per heavy atom. The van der Waals surface area contributed by atoms with Gasteiger partial charge in [0.05, 0.1) is 6.42 Å². The molecule has 0 spiro atoms. The van der Waals surface area contributed by atoms with Crippen LogP contribution in [0, 0.1) is 0 Å². The Morgan fingerprint density at radius 2 is 1.70 bits per heavy atom. The highest BCUT2D eigenvalue weighted by Gasteiger charge is 1.95. The predicted octanol–water partition coefficient (Wildman–Crippen LogP) is 2.55. The van der Waals surface area contributed by atoms with Gasteiger partial charge in [-0.15, -0.1) is 0 Å². The van der Waals surface area contributed by atoms with Gasteiger partial charge in [-0.2, -0.15) is 0 Å². The summed E-state index contributed by atoms with van der Waals surface area (Å²) in [5, 5.41) is 9.76. The van der Waals surface area contributed by atoms with Crippen molar-refractivity contribution < 1.29 is 9.90 Å². The quantitative estimate of drug-likeness (QED) is 0.560. The lowest BCUT2D eigenvalue weighted by Crippen LogP contribution is -1.90. The molecule has 0 aliphatic heterocycles. The van der Waals surface area contributed by atoms with E-state index in [1.54, 1.807) is 0 Å². The molecule has 0 atom stereocenters. The van der Waals surface area contributed by atoms with E-state index in [9.17, 15) is 9.90 Å². The smallest absolute Gasteiger partial charge is 0.247 e. The Kier molecular flexibility index (Phi) is 13.7. The minimum Gasteiger partial charge on any atom is -0.247 e. The van der Waals surface area contributed by atoms with Gasteiger partial charge in [-0.3, -0.25) is 0 Å². The lowest BCUT2D eigenvalue weighted by molar-refractivity contribution is -0.143. The zero-order chi connectivity index (χ0) is 8.41. The topological polar surface area (TPSA) is 37.0 Å². The fourth-order valence-electron chi connectivity index (χ4n) is 0.519. The van der Waals surface area contributed by atoms with E-state index in [0.29, 0.717) is 0 Å². The molecule has 0 aliphatic carbocycles. The molecule has 0 aromatic heterocycles. The number of hydrogen-bond acceptors (Lipinski definition) is 1. The summed E-state index contributed by atoms with van der Waals surface area (Å²) in [7, 11) is 0. The summed E-state index contributed by atoms with van der Waals surface area (Å²) in [6, 6.07) is 0. The van der Waals surface area contributed by atoms with Crippen LogP contribution in [0.3, 0.4) is 0 Å². The molecule has 61 valence electrons. The van der Waals surface area contributed by atoms with Gasteiger partial charge in [0.2, 0.25) is 0 Å². The zero-order valence-corrected chi connectivity index (χ0v) is 7.14. The van der Waals surface area contributed by atoms with Crippen LogP contribution in [0.5, 0.6) is 0 Å². The van der Waals surface area contributed by atoms with E-state index in [4.69, 9.17) is 0 Å². The highest BCUT2D eigenvalue weighted by Crippen LogP contribution is 1.97. The monoisotopic (exact) mass is 145 g/mol. The van der Waals surface area contributed by atoms with Crippen molar-refractivity contribution in [2.45, 2.75) is 46.5 Å². The van der Waals surface area contributed by atoms with Crippen molar-refractivity contribution in [3.8, 4) is 0 Å². The summed E-state index contributed by atoms with van der Waals surface area (Å²) >= 11 is 0. The summed E-state index contributed by atoms with van der Waals surface area (Å²) in [4.78, 5) is 9.76. The third kappa shape index (κ3) is 15.6. The maximum atomic E-state index is 9.76. The van der Waals surface area contributed by atoms with Crippen LogP contribution < -0.4 is 0 Å². The molecule has 2 heteroatoms. The minimum absolute atomic E-state index is 0.216. The second-order valence-corrected chi connectivity index (χ2v) is 1.83. The lowest BCUT2D eigenvalue weighted by Gasteiger charge is -1.87. The van der Waals surface area contributed by atoms with Crippen LogP contribution in [0.1, 0.15) is 46.5 Å². The third-order valence-electron chi connectivity index (χ3n) is 0.984. The Labute approximate surface area is 63.3 Å². The van der Waals surface area contributed by atoms with Crippen molar-refractivity contribution in [2.75, 3.05) is 0 Å². The van der Waals surface area contributed by atoms with Crippen LogP contribution in [0.15, 0.2) is 0 Å². The van der Waals surface area contributed by atoms with Crippen molar-refractivity contribution >= 4 is 5.97 Å². The average molecular weight is 145 g/mol. The molecule has 0 aromatic carbocycles. The van der Waals surface area contributed by atoms with E-state index < -0.39 is 5.97 Å². The van der Waals surface area contributed by atoms with Gasteiger partial charge in [0.1, 0.15) is 0 Å². The molecule has 0 fully saturated rings. The molecule has 0 unspecified atom stereocenters. The molecule has 0 aromatic rings. The molecule has 0 aliphatic rings. The van der Waals surface area contributed by atoms with Gasteiger partial charge in [-0.1, -0.05) is 33.6 Å². The van der Waals surface area contributed by atoms with E-state index >= 15 is 0 Å². The van der Waals surface area contributed by atoms with Gasteiger partial charge >= 0.3 is 5.97 Å². The van der Waals surface area contributed by atoms with Gasteiger partial charge in [-0.25, -0.2) is 9.90 Å². The Bertz CT molecular complexity index is 69.7. The van der Waals surface area contributed by atoms with Gasteiger partial charge in [-0.05, 0) is 6.42 Å². The Balaban J connectivity index is 0. The third-order valence-corrected chi connectivity index (χ3v) is 0.984.